The van der Waals surface area contributed by atoms with Crippen LogP contribution in [0.3, 0.4) is 0 Å². The molecule has 1 aromatic rings. The van der Waals surface area contributed by atoms with Gasteiger partial charge in [-0.1, -0.05) is 13.8 Å². The summed E-state index contributed by atoms with van der Waals surface area (Å²) in [7, 11) is -3.89. The lowest BCUT2D eigenvalue weighted by molar-refractivity contribution is 0.126. The quantitative estimate of drug-likeness (QED) is 0.806. The van der Waals surface area contributed by atoms with Crippen molar-refractivity contribution in [2.45, 2.75) is 31.7 Å². The first-order valence-electron chi connectivity index (χ1n) is 6.42. The van der Waals surface area contributed by atoms with E-state index in [1.54, 1.807) is 0 Å². The molecule has 0 radical (unpaired) electrons. The van der Waals surface area contributed by atoms with Gasteiger partial charge in [-0.2, -0.15) is 0 Å². The van der Waals surface area contributed by atoms with Crippen molar-refractivity contribution >= 4 is 15.7 Å². The minimum Gasteiger partial charge on any atom is -0.380 e. The first kappa shape index (κ1) is 16.9. The third-order valence-corrected chi connectivity index (χ3v) is 3.83. The second-order valence-corrected chi connectivity index (χ2v) is 6.40. The van der Waals surface area contributed by atoms with E-state index in [1.807, 2.05) is 20.8 Å². The fourth-order valence-corrected chi connectivity index (χ4v) is 2.16. The number of rotatable bonds is 7. The fraction of sp³-hybridized carbons (Fsp3) is 0.538. The molecule has 3 N–H and O–H groups in total. The van der Waals surface area contributed by atoms with Crippen molar-refractivity contribution in [2.75, 3.05) is 18.5 Å². The molecule has 0 aliphatic rings. The molecule has 0 bridgehead atoms. The molecule has 0 aliphatic carbocycles. The monoisotopic (exact) mass is 304 g/mol. The van der Waals surface area contributed by atoms with Crippen LogP contribution in [0.4, 0.5) is 10.1 Å². The van der Waals surface area contributed by atoms with E-state index in [2.05, 4.69) is 5.32 Å². The van der Waals surface area contributed by atoms with Crippen LogP contribution in [-0.4, -0.2) is 27.7 Å². The van der Waals surface area contributed by atoms with Gasteiger partial charge in [0.1, 0.15) is 5.82 Å². The first-order chi connectivity index (χ1) is 9.25. The summed E-state index contributed by atoms with van der Waals surface area (Å²) in [6, 6.07) is 3.50. The number of primary sulfonamides is 1. The Balaban J connectivity index is 2.91. The summed E-state index contributed by atoms with van der Waals surface area (Å²) in [6.45, 7) is 6.90. The Bertz CT molecular complexity index is 547. The van der Waals surface area contributed by atoms with Crippen molar-refractivity contribution in [3.8, 4) is 0 Å². The van der Waals surface area contributed by atoms with E-state index >= 15 is 0 Å². The SMILES string of the molecule is CCOCC(Nc1ccc(S(N)(=O)=O)cc1F)C(C)C. The Labute approximate surface area is 119 Å². The lowest BCUT2D eigenvalue weighted by atomic mass is 10.0. The normalized spacial score (nSPS) is 13.5. The molecule has 1 unspecified atom stereocenters. The highest BCUT2D eigenvalue weighted by Crippen LogP contribution is 2.20. The van der Waals surface area contributed by atoms with Crippen LogP contribution in [0.1, 0.15) is 20.8 Å². The average Bonchev–Trinajstić information content (AvgIpc) is 2.34. The van der Waals surface area contributed by atoms with Gasteiger partial charge in [-0.05, 0) is 31.0 Å². The van der Waals surface area contributed by atoms with Gasteiger partial charge in [0, 0.05) is 6.61 Å². The van der Waals surface area contributed by atoms with E-state index in [4.69, 9.17) is 9.88 Å². The van der Waals surface area contributed by atoms with Crippen molar-refractivity contribution < 1.29 is 17.5 Å². The number of hydrogen-bond acceptors (Lipinski definition) is 4. The van der Waals surface area contributed by atoms with Gasteiger partial charge in [0.2, 0.25) is 10.0 Å². The smallest absolute Gasteiger partial charge is 0.238 e. The van der Waals surface area contributed by atoms with Crippen molar-refractivity contribution in [3.63, 3.8) is 0 Å². The second-order valence-electron chi connectivity index (χ2n) is 4.84. The second kappa shape index (κ2) is 7.01. The predicted molar refractivity (Wildman–Crippen MR) is 76.5 cm³/mol. The van der Waals surface area contributed by atoms with Crippen LogP contribution < -0.4 is 10.5 Å². The number of benzene rings is 1. The number of nitrogens with one attached hydrogen (secondary N) is 1. The van der Waals surface area contributed by atoms with Crippen LogP contribution in [0.5, 0.6) is 0 Å². The maximum absolute atomic E-state index is 13.9. The first-order valence-corrected chi connectivity index (χ1v) is 7.97. The average molecular weight is 304 g/mol. The lowest BCUT2D eigenvalue weighted by Crippen LogP contribution is -2.31. The number of halogens is 1. The fourth-order valence-electron chi connectivity index (χ4n) is 1.64. The van der Waals surface area contributed by atoms with Gasteiger partial charge < -0.3 is 10.1 Å². The van der Waals surface area contributed by atoms with Gasteiger partial charge >= 0.3 is 0 Å². The van der Waals surface area contributed by atoms with Crippen molar-refractivity contribution in [1.29, 1.82) is 0 Å². The number of ether oxygens (including phenoxy) is 1. The molecule has 0 heterocycles. The van der Waals surface area contributed by atoms with Gasteiger partial charge in [0.25, 0.3) is 0 Å². The van der Waals surface area contributed by atoms with Crippen LogP contribution in [0.2, 0.25) is 0 Å². The van der Waals surface area contributed by atoms with E-state index in [0.717, 1.165) is 6.07 Å². The van der Waals surface area contributed by atoms with Gasteiger partial charge in [0.15, 0.2) is 0 Å². The van der Waals surface area contributed by atoms with Crippen LogP contribution in [0.15, 0.2) is 23.1 Å². The predicted octanol–water partition coefficient (Wildman–Crippen LogP) is 1.95. The van der Waals surface area contributed by atoms with Crippen LogP contribution in [0, 0.1) is 11.7 Å². The van der Waals surface area contributed by atoms with E-state index in [0.29, 0.717) is 13.2 Å². The standard InChI is InChI=1S/C13H21FN2O3S/c1-4-19-8-13(9(2)3)16-12-6-5-10(7-11(12)14)20(15,17)18/h5-7,9,13,16H,4,8H2,1-3H3,(H2,15,17,18). The zero-order chi connectivity index (χ0) is 15.3. The van der Waals surface area contributed by atoms with Crippen molar-refractivity contribution in [3.05, 3.63) is 24.0 Å². The molecule has 0 aromatic heterocycles. The van der Waals surface area contributed by atoms with Crippen LogP contribution in [0.25, 0.3) is 0 Å². The van der Waals surface area contributed by atoms with Gasteiger partial charge in [-0.15, -0.1) is 0 Å². The highest BCUT2D eigenvalue weighted by atomic mass is 32.2. The third kappa shape index (κ3) is 4.73. The van der Waals surface area contributed by atoms with E-state index in [1.165, 1.54) is 12.1 Å². The minimum atomic E-state index is -3.89. The molecular formula is C13H21FN2O3S. The summed E-state index contributed by atoms with van der Waals surface area (Å²) < 4.78 is 41.5. The molecule has 20 heavy (non-hydrogen) atoms. The van der Waals surface area contributed by atoms with Gasteiger partial charge in [-0.3, -0.25) is 0 Å². The molecule has 0 saturated heterocycles. The number of anilines is 1. The topological polar surface area (TPSA) is 81.4 Å². The lowest BCUT2D eigenvalue weighted by Gasteiger charge is -2.23. The molecule has 0 spiro atoms. The van der Waals surface area contributed by atoms with Crippen LogP contribution in [-0.2, 0) is 14.8 Å². The molecule has 1 aromatic carbocycles. The summed E-state index contributed by atoms with van der Waals surface area (Å²) in [5.74, 6) is -0.419. The van der Waals surface area contributed by atoms with Gasteiger partial charge in [0.05, 0.1) is 23.2 Å². The Kier molecular flexibility index (Phi) is 5.91. The van der Waals surface area contributed by atoms with Crippen molar-refractivity contribution in [2.24, 2.45) is 11.1 Å². The Morgan fingerprint density at radius 1 is 1.40 bits per heavy atom. The molecule has 5 nitrogen and oxygen atoms in total. The van der Waals surface area contributed by atoms with E-state index in [-0.39, 0.29) is 22.5 Å². The number of nitrogens with two attached hydrogens (primary N) is 1. The third-order valence-electron chi connectivity index (χ3n) is 2.92. The molecule has 0 fully saturated rings. The zero-order valence-electron chi connectivity index (χ0n) is 11.9. The minimum absolute atomic E-state index is 0.0650. The summed E-state index contributed by atoms with van der Waals surface area (Å²) in [5, 5.41) is 7.98. The Hall–Kier alpha value is -1.18. The van der Waals surface area contributed by atoms with Crippen LogP contribution >= 0.6 is 0 Å². The molecule has 0 saturated carbocycles. The largest absolute Gasteiger partial charge is 0.380 e. The number of sulfonamides is 1. The maximum atomic E-state index is 13.9. The maximum Gasteiger partial charge on any atom is 0.238 e. The molecule has 7 heteroatoms. The molecule has 114 valence electrons. The molecule has 0 amide bonds. The summed E-state index contributed by atoms with van der Waals surface area (Å²) in [5.41, 5.74) is 0.232. The summed E-state index contributed by atoms with van der Waals surface area (Å²) >= 11 is 0. The van der Waals surface area contributed by atoms with Gasteiger partial charge in [-0.25, -0.2) is 17.9 Å². The van der Waals surface area contributed by atoms with E-state index in [9.17, 15) is 12.8 Å². The molecule has 1 rings (SSSR count). The highest BCUT2D eigenvalue weighted by Gasteiger charge is 2.17. The molecular weight excluding hydrogens is 283 g/mol. The van der Waals surface area contributed by atoms with E-state index < -0.39 is 15.8 Å². The molecule has 0 aliphatic heterocycles. The zero-order valence-corrected chi connectivity index (χ0v) is 12.7. The Morgan fingerprint density at radius 2 is 2.05 bits per heavy atom. The Morgan fingerprint density at radius 3 is 2.50 bits per heavy atom. The van der Waals surface area contributed by atoms with Crippen molar-refractivity contribution in [1.82, 2.24) is 0 Å². The summed E-state index contributed by atoms with van der Waals surface area (Å²) in [4.78, 5) is -0.244. The highest BCUT2D eigenvalue weighted by molar-refractivity contribution is 7.89. The molecule has 1 atom stereocenters. The number of hydrogen-bond donors (Lipinski definition) is 2. The summed E-state index contributed by atoms with van der Waals surface area (Å²) in [6.07, 6.45) is 0.